The van der Waals surface area contributed by atoms with Crippen LogP contribution in [0.2, 0.25) is 0 Å². The van der Waals surface area contributed by atoms with Crippen LogP contribution in [0.15, 0.2) is 177 Å². The highest BCUT2D eigenvalue weighted by Gasteiger charge is 2.15. The van der Waals surface area contributed by atoms with Gasteiger partial charge in [0, 0.05) is 54.8 Å². The highest BCUT2D eigenvalue weighted by atomic mass is 16.5. The minimum absolute atomic E-state index is 0. The highest BCUT2D eigenvalue weighted by Crippen LogP contribution is 2.16. The summed E-state index contributed by atoms with van der Waals surface area (Å²) in [6, 6.07) is 40.0. The maximum Gasteiger partial charge on any atom is 0.332 e. The van der Waals surface area contributed by atoms with E-state index in [1.807, 2.05) is 103 Å². The van der Waals surface area contributed by atoms with E-state index in [0.717, 1.165) is 45.1 Å². The molecular weight excluding hydrogens is 913 g/mol. The van der Waals surface area contributed by atoms with Crippen LogP contribution in [0.5, 0.6) is 23.0 Å². The maximum absolute atomic E-state index is 13.5. The fourth-order valence-electron chi connectivity index (χ4n) is 7.25. The number of hydrogen-bond donors (Lipinski definition) is 1. The largest absolute Gasteiger partial charge is 0.497 e. The Labute approximate surface area is 418 Å². The van der Waals surface area contributed by atoms with Gasteiger partial charge in [-0.1, -0.05) is 67.9 Å². The normalized spacial score (nSPS) is 10.2. The van der Waals surface area contributed by atoms with Crippen molar-refractivity contribution in [2.45, 2.75) is 53.4 Å². The fourth-order valence-corrected chi connectivity index (χ4v) is 7.25. The van der Waals surface area contributed by atoms with Crippen LogP contribution in [-0.2, 0) is 39.0 Å². The lowest BCUT2D eigenvalue weighted by atomic mass is 10.1. The van der Waals surface area contributed by atoms with Crippen LogP contribution in [0.1, 0.15) is 59.1 Å². The molecule has 0 bridgehead atoms. The molecule has 0 aliphatic heterocycles. The number of aromatic nitrogens is 6. The van der Waals surface area contributed by atoms with Crippen molar-refractivity contribution in [1.82, 2.24) is 28.2 Å². The van der Waals surface area contributed by atoms with Crippen LogP contribution < -0.4 is 41.4 Å². The van der Waals surface area contributed by atoms with Crippen molar-refractivity contribution in [3.63, 3.8) is 0 Å². The van der Waals surface area contributed by atoms with Crippen LogP contribution in [0.4, 0.5) is 0 Å². The molecule has 15 nitrogen and oxygen atoms in total. The number of hydrogen-bond acceptors (Lipinski definition) is 11. The van der Waals surface area contributed by atoms with E-state index in [4.69, 9.17) is 24.1 Å². The second kappa shape index (κ2) is 27.4. The van der Waals surface area contributed by atoms with Crippen LogP contribution in [0.3, 0.4) is 0 Å². The maximum atomic E-state index is 13.5. The molecule has 0 spiro atoms. The van der Waals surface area contributed by atoms with Crippen molar-refractivity contribution in [1.29, 1.82) is 0 Å². The van der Waals surface area contributed by atoms with Gasteiger partial charge < -0.3 is 24.1 Å². The molecule has 8 aromatic rings. The van der Waals surface area contributed by atoms with Gasteiger partial charge in [-0.25, -0.2) is 9.59 Å². The van der Waals surface area contributed by atoms with Gasteiger partial charge in [-0.3, -0.25) is 37.8 Å². The Morgan fingerprint density at radius 1 is 0.472 bits per heavy atom. The van der Waals surface area contributed by atoms with Gasteiger partial charge in [-0.2, -0.15) is 0 Å². The van der Waals surface area contributed by atoms with E-state index in [0.29, 0.717) is 42.1 Å². The lowest BCUT2D eigenvalue weighted by molar-refractivity contribution is 0.318. The molecule has 0 fully saturated rings. The number of methoxy groups -OCH3 is 4. The third kappa shape index (κ3) is 15.1. The third-order valence-corrected chi connectivity index (χ3v) is 11.0. The zero-order valence-electron chi connectivity index (χ0n) is 40.4. The van der Waals surface area contributed by atoms with Crippen molar-refractivity contribution in [3.8, 4) is 34.8 Å². The number of aryl methyl sites for hydroxylation is 2. The molecule has 0 radical (unpaired) electrons. The molecule has 0 amide bonds. The molecule has 0 saturated carbocycles. The number of rotatable bonds is 15. The van der Waals surface area contributed by atoms with Gasteiger partial charge in [0.2, 0.25) is 0 Å². The third-order valence-electron chi connectivity index (χ3n) is 11.0. The minimum Gasteiger partial charge on any atom is -0.497 e. The van der Waals surface area contributed by atoms with Gasteiger partial charge in [0.15, 0.2) is 0 Å². The Hall–Kier alpha value is -8.74. The summed E-state index contributed by atoms with van der Waals surface area (Å²) in [5.74, 6) is 8.86. The molecule has 372 valence electrons. The first-order chi connectivity index (χ1) is 34.5. The molecule has 72 heavy (non-hydrogen) atoms. The van der Waals surface area contributed by atoms with Gasteiger partial charge in [-0.15, -0.1) is 0 Å². The van der Waals surface area contributed by atoms with E-state index < -0.39 is 11.2 Å². The molecular formula is C57H60N6O9. The predicted molar refractivity (Wildman–Crippen MR) is 280 cm³/mol. The van der Waals surface area contributed by atoms with E-state index >= 15 is 0 Å². The van der Waals surface area contributed by atoms with E-state index in [1.165, 1.54) is 19.8 Å². The van der Waals surface area contributed by atoms with Crippen molar-refractivity contribution in [3.05, 3.63) is 245 Å². The van der Waals surface area contributed by atoms with Crippen molar-refractivity contribution in [2.24, 2.45) is 0 Å². The Morgan fingerprint density at radius 2 is 0.861 bits per heavy atom. The lowest BCUT2D eigenvalue weighted by Crippen LogP contribution is -2.41. The van der Waals surface area contributed by atoms with Crippen LogP contribution in [0, 0.1) is 11.8 Å². The Balaban J connectivity index is 0.000000250. The van der Waals surface area contributed by atoms with Crippen LogP contribution in [-0.4, -0.2) is 68.4 Å². The second-order valence-electron chi connectivity index (χ2n) is 15.8. The first-order valence-corrected chi connectivity index (χ1v) is 22.7. The predicted octanol–water partition coefficient (Wildman–Crippen LogP) is 6.86. The molecule has 4 heterocycles. The van der Waals surface area contributed by atoms with Gasteiger partial charge in [0.05, 0.1) is 54.6 Å². The van der Waals surface area contributed by atoms with E-state index in [2.05, 4.69) is 21.8 Å². The molecule has 1 N–H and O–H groups in total. The van der Waals surface area contributed by atoms with E-state index in [1.54, 1.807) is 89.0 Å². The zero-order chi connectivity index (χ0) is 50.5. The molecule has 0 atom stereocenters. The molecule has 15 heteroatoms. The summed E-state index contributed by atoms with van der Waals surface area (Å²) in [6.45, 7) is 2.87. The molecule has 8 rings (SSSR count). The van der Waals surface area contributed by atoms with Crippen molar-refractivity contribution in [2.75, 3.05) is 35.0 Å². The van der Waals surface area contributed by atoms with Gasteiger partial charge in [0.25, 0.3) is 11.1 Å². The summed E-state index contributed by atoms with van der Waals surface area (Å²) in [7, 11) is 6.40. The molecule has 0 aliphatic carbocycles. The Bertz CT molecular complexity index is 3250. The molecule has 0 aliphatic rings. The van der Waals surface area contributed by atoms with Crippen molar-refractivity contribution < 1.29 is 24.1 Å². The topological polar surface area (TPSA) is 171 Å². The van der Waals surface area contributed by atoms with Gasteiger partial charge in [0.1, 0.15) is 28.7 Å². The highest BCUT2D eigenvalue weighted by molar-refractivity contribution is 5.39. The number of benzene rings is 4. The summed E-state index contributed by atoms with van der Waals surface area (Å²) >= 11 is 0. The number of ether oxygens (including phenoxy) is 4. The lowest BCUT2D eigenvalue weighted by Gasteiger charge is -2.16. The van der Waals surface area contributed by atoms with Crippen molar-refractivity contribution >= 4 is 0 Å². The molecule has 0 saturated heterocycles. The Morgan fingerprint density at radius 3 is 1.26 bits per heavy atom. The zero-order valence-corrected chi connectivity index (χ0v) is 40.4. The molecule has 4 aromatic carbocycles. The fraction of sp³-hybridized carbons (Fsp3) is 0.228. The number of aliphatic hydroxyl groups is 1. The monoisotopic (exact) mass is 972 g/mol. The summed E-state index contributed by atoms with van der Waals surface area (Å²) in [6.07, 6.45) is 8.04. The number of aliphatic hydroxyl groups excluding tert-OH is 1. The first-order valence-electron chi connectivity index (χ1n) is 22.7. The average Bonchev–Trinajstić information content (AvgIpc) is 3.41. The van der Waals surface area contributed by atoms with E-state index in [-0.39, 0.29) is 44.9 Å². The first kappa shape index (κ1) is 54.2. The second-order valence-corrected chi connectivity index (χ2v) is 15.8. The summed E-state index contributed by atoms with van der Waals surface area (Å²) in [5, 5.41) is 7.57. The minimum atomic E-state index is -0.436. The number of nitrogens with zero attached hydrogens (tertiary/aromatic N) is 6. The summed E-state index contributed by atoms with van der Waals surface area (Å²) in [5.41, 5.74) is 4.75. The van der Waals surface area contributed by atoms with Crippen LogP contribution in [0.25, 0.3) is 0 Å². The number of pyridine rings is 2. The molecule has 0 unspecified atom stereocenters. The van der Waals surface area contributed by atoms with Gasteiger partial charge >= 0.3 is 11.4 Å². The van der Waals surface area contributed by atoms with Gasteiger partial charge in [-0.05, 0) is 120 Å². The quantitative estimate of drug-likeness (QED) is 0.107. The van der Waals surface area contributed by atoms with E-state index in [9.17, 15) is 19.2 Å². The smallest absolute Gasteiger partial charge is 0.332 e. The Kier molecular flexibility index (Phi) is 20.7. The standard InChI is InChI=1S/C27H27N3O4.C27H23N3O4.C2H6O.CH4/c2*1-33-24-11-6-21(7-12-24)18-29-23(10-5-20-4-3-15-28-17-20)16-26(31)30(27(29)32)19-22-8-13-25(34-2)14-9-22;1-2-3;/h3-4,6-9,11-17H,5,10,18-19H2,1-2H3;3-4,6-9,11-17H,18-19H2,1-2H3;3H,2H2,1H3;1H4. The SMILES string of the molecule is C.CCO.COc1ccc(Cn2c(C#Cc3cccnc3)cc(=O)n(Cc3ccc(OC)cc3)c2=O)cc1.COc1ccc(Cn2c(CCc3cccnc3)cc(=O)n(Cc3ccc(OC)cc3)c2=O)cc1. The summed E-state index contributed by atoms with van der Waals surface area (Å²) in [4.78, 5) is 61.1. The molecule has 4 aromatic heterocycles. The average molecular weight is 973 g/mol. The summed E-state index contributed by atoms with van der Waals surface area (Å²) < 4.78 is 26.5. The van der Waals surface area contributed by atoms with Crippen LogP contribution >= 0.6 is 0 Å².